The van der Waals surface area contributed by atoms with Crippen LogP contribution in [0.25, 0.3) is 0 Å². The van der Waals surface area contributed by atoms with E-state index >= 15 is 0 Å². The summed E-state index contributed by atoms with van der Waals surface area (Å²) in [5.74, 6) is -0.950. The Bertz CT molecular complexity index is 444. The molecular weight excluding hydrogens is 200 g/mol. The number of carboxylic acids is 1. The van der Waals surface area contributed by atoms with E-state index in [0.29, 0.717) is 11.3 Å². The molecular formula is C9H8N2O4. The second-order valence-corrected chi connectivity index (χ2v) is 3.34. The van der Waals surface area contributed by atoms with Gasteiger partial charge in [-0.25, -0.2) is 4.79 Å². The van der Waals surface area contributed by atoms with E-state index in [2.05, 4.69) is 5.32 Å². The molecule has 0 bridgehead atoms. The summed E-state index contributed by atoms with van der Waals surface area (Å²) in [6.07, 6.45) is 0.284. The number of non-ortho nitro benzene ring substituents is 1. The molecule has 0 saturated heterocycles. The number of hydrogen-bond acceptors (Lipinski definition) is 4. The first-order chi connectivity index (χ1) is 7.08. The molecule has 1 aromatic rings. The Hall–Kier alpha value is -2.11. The number of aliphatic carboxylic acids is 1. The predicted molar refractivity (Wildman–Crippen MR) is 51.8 cm³/mol. The molecule has 1 heterocycles. The molecule has 0 radical (unpaired) electrons. The van der Waals surface area contributed by atoms with Crippen molar-refractivity contribution in [3.8, 4) is 0 Å². The fourth-order valence-corrected chi connectivity index (χ4v) is 1.61. The third-order valence-electron chi connectivity index (χ3n) is 2.35. The molecule has 1 aromatic carbocycles. The van der Waals surface area contributed by atoms with Crippen LogP contribution in [0.1, 0.15) is 5.56 Å². The first-order valence-corrected chi connectivity index (χ1v) is 4.34. The average molecular weight is 208 g/mol. The van der Waals surface area contributed by atoms with Crippen LogP contribution in [0.15, 0.2) is 18.2 Å². The number of nitro groups is 1. The topological polar surface area (TPSA) is 92.5 Å². The number of fused-ring (bicyclic) bond motifs is 1. The fraction of sp³-hybridized carbons (Fsp3) is 0.222. The van der Waals surface area contributed by atoms with Crippen LogP contribution < -0.4 is 5.32 Å². The van der Waals surface area contributed by atoms with Gasteiger partial charge in [-0.3, -0.25) is 10.1 Å². The molecule has 1 atom stereocenters. The van der Waals surface area contributed by atoms with Gasteiger partial charge in [0.1, 0.15) is 6.04 Å². The molecule has 6 heteroatoms. The van der Waals surface area contributed by atoms with Crippen LogP contribution in [0.2, 0.25) is 0 Å². The minimum atomic E-state index is -0.950. The predicted octanol–water partition coefficient (Wildman–Crippen LogP) is 1.02. The maximum absolute atomic E-state index is 10.7. The van der Waals surface area contributed by atoms with Crippen molar-refractivity contribution < 1.29 is 14.8 Å². The Balaban J connectivity index is 2.31. The van der Waals surface area contributed by atoms with E-state index in [-0.39, 0.29) is 12.1 Å². The number of carboxylic acid groups (broad SMARTS) is 1. The van der Waals surface area contributed by atoms with Crippen molar-refractivity contribution >= 4 is 17.3 Å². The van der Waals surface area contributed by atoms with Crippen LogP contribution in [-0.2, 0) is 11.2 Å². The lowest BCUT2D eigenvalue weighted by Crippen LogP contribution is -2.26. The maximum Gasteiger partial charge on any atom is 0.326 e. The molecule has 15 heavy (non-hydrogen) atoms. The van der Waals surface area contributed by atoms with E-state index < -0.39 is 16.9 Å². The summed E-state index contributed by atoms with van der Waals surface area (Å²) in [6.45, 7) is 0. The molecule has 1 aliphatic rings. The highest BCUT2D eigenvalue weighted by Crippen LogP contribution is 2.29. The molecule has 2 N–H and O–H groups in total. The minimum absolute atomic E-state index is 0.0124. The van der Waals surface area contributed by atoms with Gasteiger partial charge >= 0.3 is 5.97 Å². The summed E-state index contributed by atoms with van der Waals surface area (Å²) in [5.41, 5.74) is 1.33. The zero-order chi connectivity index (χ0) is 11.0. The SMILES string of the molecule is O=C(O)[C@@H]1Cc2cc([N+](=O)[O-])ccc2N1. The first-order valence-electron chi connectivity index (χ1n) is 4.34. The van der Waals surface area contributed by atoms with Crippen LogP contribution in [0, 0.1) is 10.1 Å². The highest BCUT2D eigenvalue weighted by atomic mass is 16.6. The van der Waals surface area contributed by atoms with Gasteiger partial charge in [-0.05, 0) is 11.6 Å². The lowest BCUT2D eigenvalue weighted by atomic mass is 10.1. The number of nitrogens with zero attached hydrogens (tertiary/aromatic N) is 1. The van der Waals surface area contributed by atoms with E-state index in [0.717, 1.165) is 0 Å². The van der Waals surface area contributed by atoms with Crippen molar-refractivity contribution in [2.24, 2.45) is 0 Å². The Kier molecular flexibility index (Phi) is 2.03. The third-order valence-corrected chi connectivity index (χ3v) is 2.35. The number of carbonyl (C=O) groups is 1. The molecule has 0 fully saturated rings. The van der Waals surface area contributed by atoms with E-state index in [1.54, 1.807) is 0 Å². The normalized spacial score (nSPS) is 18.0. The van der Waals surface area contributed by atoms with Gasteiger partial charge in [0.2, 0.25) is 0 Å². The van der Waals surface area contributed by atoms with Gasteiger partial charge in [-0.15, -0.1) is 0 Å². The highest BCUT2D eigenvalue weighted by Gasteiger charge is 2.27. The van der Waals surface area contributed by atoms with Crippen molar-refractivity contribution in [2.45, 2.75) is 12.5 Å². The standard InChI is InChI=1S/C9H8N2O4/c12-9(13)8-4-5-3-6(11(14)15)1-2-7(5)10-8/h1-3,8,10H,4H2,(H,12,13)/t8-/m0/s1. The number of nitrogens with one attached hydrogen (secondary N) is 1. The van der Waals surface area contributed by atoms with Crippen molar-refractivity contribution in [3.05, 3.63) is 33.9 Å². The van der Waals surface area contributed by atoms with E-state index in [9.17, 15) is 14.9 Å². The molecule has 0 saturated carbocycles. The zero-order valence-corrected chi connectivity index (χ0v) is 7.64. The Labute approximate surface area is 84.7 Å². The Morgan fingerprint density at radius 1 is 1.60 bits per heavy atom. The van der Waals surface area contributed by atoms with Gasteiger partial charge in [0, 0.05) is 24.2 Å². The van der Waals surface area contributed by atoms with Crippen LogP contribution in [0.5, 0.6) is 0 Å². The maximum atomic E-state index is 10.7. The van der Waals surface area contributed by atoms with Crippen LogP contribution >= 0.6 is 0 Å². The summed E-state index contributed by atoms with van der Waals surface area (Å²) in [5, 5.41) is 22.0. The van der Waals surface area contributed by atoms with Gasteiger partial charge in [-0.2, -0.15) is 0 Å². The van der Waals surface area contributed by atoms with Crippen LogP contribution in [0.4, 0.5) is 11.4 Å². The molecule has 0 aliphatic carbocycles. The highest BCUT2D eigenvalue weighted by molar-refractivity contribution is 5.81. The summed E-state index contributed by atoms with van der Waals surface area (Å²) in [6, 6.07) is 3.62. The molecule has 0 spiro atoms. The summed E-state index contributed by atoms with van der Waals surface area (Å²) >= 11 is 0. The van der Waals surface area contributed by atoms with Gasteiger partial charge in [0.25, 0.3) is 5.69 Å². The second-order valence-electron chi connectivity index (χ2n) is 3.34. The van der Waals surface area contributed by atoms with Crippen molar-refractivity contribution in [1.82, 2.24) is 0 Å². The molecule has 0 aromatic heterocycles. The largest absolute Gasteiger partial charge is 0.480 e. The van der Waals surface area contributed by atoms with Gasteiger partial charge < -0.3 is 10.4 Å². The summed E-state index contributed by atoms with van der Waals surface area (Å²) in [4.78, 5) is 20.7. The number of nitro benzene ring substituents is 1. The lowest BCUT2D eigenvalue weighted by Gasteiger charge is -2.03. The van der Waals surface area contributed by atoms with Crippen LogP contribution in [0.3, 0.4) is 0 Å². The van der Waals surface area contributed by atoms with E-state index in [4.69, 9.17) is 5.11 Å². The zero-order valence-electron chi connectivity index (χ0n) is 7.64. The lowest BCUT2D eigenvalue weighted by molar-refractivity contribution is -0.384. The summed E-state index contributed by atoms with van der Waals surface area (Å²) in [7, 11) is 0. The van der Waals surface area contributed by atoms with Crippen molar-refractivity contribution in [2.75, 3.05) is 5.32 Å². The average Bonchev–Trinajstić information content (AvgIpc) is 2.59. The molecule has 6 nitrogen and oxygen atoms in total. The molecule has 78 valence electrons. The first kappa shape index (κ1) is 9.45. The minimum Gasteiger partial charge on any atom is -0.480 e. The van der Waals surface area contributed by atoms with Crippen molar-refractivity contribution in [3.63, 3.8) is 0 Å². The monoisotopic (exact) mass is 208 g/mol. The Morgan fingerprint density at radius 3 is 2.93 bits per heavy atom. The number of benzene rings is 1. The second kappa shape index (κ2) is 3.23. The van der Waals surface area contributed by atoms with Crippen molar-refractivity contribution in [1.29, 1.82) is 0 Å². The smallest absolute Gasteiger partial charge is 0.326 e. The fourth-order valence-electron chi connectivity index (χ4n) is 1.61. The van der Waals surface area contributed by atoms with Gasteiger partial charge in [0.15, 0.2) is 0 Å². The quantitative estimate of drug-likeness (QED) is 0.559. The number of hydrogen-bond donors (Lipinski definition) is 2. The number of rotatable bonds is 2. The molecule has 2 rings (SSSR count). The molecule has 1 aliphatic heterocycles. The van der Waals surface area contributed by atoms with E-state index in [1.165, 1.54) is 18.2 Å². The molecule has 0 amide bonds. The van der Waals surface area contributed by atoms with E-state index in [1.807, 2.05) is 0 Å². The molecule has 0 unspecified atom stereocenters. The summed E-state index contributed by atoms with van der Waals surface area (Å²) < 4.78 is 0. The Morgan fingerprint density at radius 2 is 2.33 bits per heavy atom. The number of anilines is 1. The van der Waals surface area contributed by atoms with Crippen LogP contribution in [-0.4, -0.2) is 22.0 Å². The third kappa shape index (κ3) is 1.61. The van der Waals surface area contributed by atoms with Gasteiger partial charge in [0.05, 0.1) is 4.92 Å². The van der Waals surface area contributed by atoms with Gasteiger partial charge in [-0.1, -0.05) is 0 Å².